The fraction of sp³-hybridized carbons (Fsp3) is 0.300. The van der Waals surface area contributed by atoms with Crippen LogP contribution in [0, 0.1) is 5.82 Å². The number of hydrogen-bond acceptors (Lipinski definition) is 6. The molecule has 0 radical (unpaired) electrons. The molecule has 0 unspecified atom stereocenters. The van der Waals surface area contributed by atoms with Gasteiger partial charge in [-0.3, -0.25) is 20.4 Å². The lowest BCUT2D eigenvalue weighted by Crippen LogP contribution is -2.41. The molecule has 9 nitrogen and oxygen atoms in total. The van der Waals surface area contributed by atoms with Gasteiger partial charge in [-0.05, 0) is 49.2 Å². The standard InChI is InChI=1S/C20H22FN3O6S/c1-29-16-8-6-13(11-17(16)30-2)19(25)22-23-20(26)14-5-7-15(21)18(12-14)31(27,28)24-9-3-4-10-24/h5-8,11-12H,3-4,9-10H2,1-2H3,(H,22,25)(H,23,26). The normalized spacial score (nSPS) is 14.2. The minimum absolute atomic E-state index is 0.119. The van der Waals surface area contributed by atoms with Crippen molar-refractivity contribution in [1.82, 2.24) is 15.2 Å². The Morgan fingerprint density at radius 1 is 0.903 bits per heavy atom. The van der Waals surface area contributed by atoms with Crippen molar-refractivity contribution in [3.8, 4) is 11.5 Å². The van der Waals surface area contributed by atoms with E-state index in [4.69, 9.17) is 9.47 Å². The number of hydrogen-bond donors (Lipinski definition) is 2. The lowest BCUT2D eigenvalue weighted by molar-refractivity contribution is 0.0846. The number of carbonyl (C=O) groups is 2. The first-order valence-corrected chi connectivity index (χ1v) is 10.8. The highest BCUT2D eigenvalue weighted by molar-refractivity contribution is 7.89. The van der Waals surface area contributed by atoms with Gasteiger partial charge in [0.25, 0.3) is 11.8 Å². The number of sulfonamides is 1. The van der Waals surface area contributed by atoms with Crippen LogP contribution in [-0.2, 0) is 10.0 Å². The van der Waals surface area contributed by atoms with E-state index in [2.05, 4.69) is 10.9 Å². The third kappa shape index (κ3) is 4.78. The molecule has 1 heterocycles. The van der Waals surface area contributed by atoms with Gasteiger partial charge in [0.15, 0.2) is 11.5 Å². The second-order valence-electron chi connectivity index (χ2n) is 6.73. The molecule has 0 spiro atoms. The molecule has 31 heavy (non-hydrogen) atoms. The SMILES string of the molecule is COc1ccc(C(=O)NNC(=O)c2ccc(F)c(S(=O)(=O)N3CCCC3)c2)cc1OC. The summed E-state index contributed by atoms with van der Waals surface area (Å²) < 4.78 is 51.0. The number of methoxy groups -OCH3 is 2. The summed E-state index contributed by atoms with van der Waals surface area (Å²) in [6, 6.07) is 7.44. The first-order chi connectivity index (χ1) is 14.8. The van der Waals surface area contributed by atoms with Crippen molar-refractivity contribution >= 4 is 21.8 Å². The molecule has 1 aliphatic heterocycles. The third-order valence-corrected chi connectivity index (χ3v) is 6.73. The minimum atomic E-state index is -4.05. The van der Waals surface area contributed by atoms with Gasteiger partial charge >= 0.3 is 0 Å². The molecule has 1 fully saturated rings. The third-order valence-electron chi connectivity index (χ3n) is 4.81. The van der Waals surface area contributed by atoms with Crippen molar-refractivity contribution in [3.05, 3.63) is 53.3 Å². The molecule has 2 amide bonds. The number of halogens is 1. The van der Waals surface area contributed by atoms with Crippen LogP contribution < -0.4 is 20.3 Å². The Morgan fingerprint density at radius 3 is 2.03 bits per heavy atom. The Morgan fingerprint density at radius 2 is 1.45 bits per heavy atom. The lowest BCUT2D eigenvalue weighted by Gasteiger charge is -2.16. The zero-order valence-corrected chi connectivity index (χ0v) is 17.8. The molecule has 0 atom stereocenters. The van der Waals surface area contributed by atoms with Gasteiger partial charge in [-0.2, -0.15) is 4.31 Å². The van der Waals surface area contributed by atoms with E-state index < -0.39 is 32.6 Å². The number of amides is 2. The van der Waals surface area contributed by atoms with Crippen molar-refractivity contribution in [2.24, 2.45) is 0 Å². The number of hydrazine groups is 1. The number of rotatable bonds is 6. The molecular weight excluding hydrogens is 429 g/mol. The topological polar surface area (TPSA) is 114 Å². The van der Waals surface area contributed by atoms with Crippen LogP contribution in [0.3, 0.4) is 0 Å². The fourth-order valence-electron chi connectivity index (χ4n) is 3.15. The van der Waals surface area contributed by atoms with E-state index in [-0.39, 0.29) is 11.1 Å². The highest BCUT2D eigenvalue weighted by Gasteiger charge is 2.30. The Hall–Kier alpha value is -3.18. The molecule has 11 heteroatoms. The summed E-state index contributed by atoms with van der Waals surface area (Å²) in [5.41, 5.74) is 4.49. The van der Waals surface area contributed by atoms with Crippen LogP contribution in [0.1, 0.15) is 33.6 Å². The number of nitrogens with zero attached hydrogens (tertiary/aromatic N) is 1. The molecule has 0 aromatic heterocycles. The van der Waals surface area contributed by atoms with E-state index in [1.807, 2.05) is 0 Å². The zero-order valence-electron chi connectivity index (χ0n) is 17.0. The lowest BCUT2D eigenvalue weighted by atomic mass is 10.2. The number of benzene rings is 2. The van der Waals surface area contributed by atoms with Crippen LogP contribution >= 0.6 is 0 Å². The van der Waals surface area contributed by atoms with Gasteiger partial charge in [0.05, 0.1) is 14.2 Å². The summed E-state index contributed by atoms with van der Waals surface area (Å²) in [7, 11) is -1.17. The van der Waals surface area contributed by atoms with Crippen LogP contribution in [0.15, 0.2) is 41.3 Å². The summed E-state index contributed by atoms with van der Waals surface area (Å²) in [4.78, 5) is 24.2. The summed E-state index contributed by atoms with van der Waals surface area (Å²) in [5.74, 6) is -1.62. The summed E-state index contributed by atoms with van der Waals surface area (Å²) in [5, 5.41) is 0. The summed E-state index contributed by atoms with van der Waals surface area (Å²) in [6.07, 6.45) is 1.40. The van der Waals surface area contributed by atoms with E-state index in [0.29, 0.717) is 37.4 Å². The van der Waals surface area contributed by atoms with Gasteiger partial charge in [0, 0.05) is 24.2 Å². The smallest absolute Gasteiger partial charge is 0.269 e. The van der Waals surface area contributed by atoms with Crippen LogP contribution in [0.5, 0.6) is 11.5 Å². The molecular formula is C20H22FN3O6S. The van der Waals surface area contributed by atoms with Gasteiger partial charge in [-0.1, -0.05) is 0 Å². The molecule has 2 N–H and O–H groups in total. The van der Waals surface area contributed by atoms with Gasteiger partial charge in [0.2, 0.25) is 10.0 Å². The van der Waals surface area contributed by atoms with Crippen LogP contribution in [0.25, 0.3) is 0 Å². The van der Waals surface area contributed by atoms with Crippen molar-refractivity contribution in [2.45, 2.75) is 17.7 Å². The largest absolute Gasteiger partial charge is 0.493 e. The van der Waals surface area contributed by atoms with Crippen LogP contribution in [0.2, 0.25) is 0 Å². The Labute approximate surface area is 179 Å². The molecule has 166 valence electrons. The van der Waals surface area contributed by atoms with E-state index in [1.54, 1.807) is 0 Å². The first-order valence-electron chi connectivity index (χ1n) is 9.40. The highest BCUT2D eigenvalue weighted by atomic mass is 32.2. The first kappa shape index (κ1) is 22.5. The second-order valence-corrected chi connectivity index (χ2v) is 8.64. The number of carbonyl (C=O) groups excluding carboxylic acids is 2. The Kier molecular flexibility index (Phi) is 6.76. The van der Waals surface area contributed by atoms with E-state index in [1.165, 1.54) is 36.7 Å². The number of nitrogens with one attached hydrogen (secondary N) is 2. The van der Waals surface area contributed by atoms with Crippen molar-refractivity contribution < 1.29 is 31.9 Å². The summed E-state index contributed by atoms with van der Waals surface area (Å²) >= 11 is 0. The molecule has 0 saturated carbocycles. The molecule has 2 aromatic carbocycles. The molecule has 3 rings (SSSR count). The van der Waals surface area contributed by atoms with Crippen molar-refractivity contribution in [2.75, 3.05) is 27.3 Å². The minimum Gasteiger partial charge on any atom is -0.493 e. The van der Waals surface area contributed by atoms with Gasteiger partial charge in [0.1, 0.15) is 10.7 Å². The van der Waals surface area contributed by atoms with Crippen LogP contribution in [-0.4, -0.2) is 51.8 Å². The van der Waals surface area contributed by atoms with Crippen LogP contribution in [0.4, 0.5) is 4.39 Å². The van der Waals surface area contributed by atoms with Gasteiger partial charge < -0.3 is 9.47 Å². The average Bonchev–Trinajstić information content (AvgIpc) is 3.32. The predicted molar refractivity (Wildman–Crippen MR) is 109 cm³/mol. The summed E-state index contributed by atoms with van der Waals surface area (Å²) in [6.45, 7) is 0.610. The van der Waals surface area contributed by atoms with E-state index >= 15 is 0 Å². The maximum Gasteiger partial charge on any atom is 0.269 e. The van der Waals surface area contributed by atoms with Gasteiger partial charge in [-0.25, -0.2) is 12.8 Å². The average molecular weight is 451 g/mol. The molecule has 2 aromatic rings. The van der Waals surface area contributed by atoms with Crippen molar-refractivity contribution in [3.63, 3.8) is 0 Å². The Balaban J connectivity index is 1.73. The van der Waals surface area contributed by atoms with E-state index in [9.17, 15) is 22.4 Å². The Bertz CT molecular complexity index is 1100. The quantitative estimate of drug-likeness (QED) is 0.647. The fourth-order valence-corrected chi connectivity index (χ4v) is 4.75. The van der Waals surface area contributed by atoms with E-state index in [0.717, 1.165) is 18.2 Å². The molecule has 0 aliphatic carbocycles. The monoisotopic (exact) mass is 451 g/mol. The maximum atomic E-state index is 14.2. The highest BCUT2D eigenvalue weighted by Crippen LogP contribution is 2.27. The molecule has 1 aliphatic rings. The maximum absolute atomic E-state index is 14.2. The second kappa shape index (κ2) is 9.31. The van der Waals surface area contributed by atoms with Gasteiger partial charge in [-0.15, -0.1) is 0 Å². The van der Waals surface area contributed by atoms with Crippen molar-refractivity contribution in [1.29, 1.82) is 0 Å². The number of ether oxygens (including phenoxy) is 2. The molecule has 1 saturated heterocycles. The zero-order chi connectivity index (χ0) is 22.6. The predicted octanol–water partition coefficient (Wildman–Crippen LogP) is 1.70. The molecule has 0 bridgehead atoms.